The molecule has 6 aromatic carbocycles. The molecule has 0 fully saturated rings. The minimum absolute atomic E-state index is 0.321. The van der Waals surface area contributed by atoms with E-state index < -0.39 is 0 Å². The number of hydrogen-bond acceptors (Lipinski definition) is 1. The second-order valence-electron chi connectivity index (χ2n) is 13.2. The summed E-state index contributed by atoms with van der Waals surface area (Å²) in [5.41, 5.74) is 13.5. The molecule has 0 N–H and O–H groups in total. The predicted octanol–water partition coefficient (Wildman–Crippen LogP) is 11.8. The van der Waals surface area contributed by atoms with Crippen molar-refractivity contribution < 1.29 is 0 Å². The third kappa shape index (κ3) is 3.81. The van der Waals surface area contributed by atoms with Gasteiger partial charge in [-0.1, -0.05) is 107 Å². The summed E-state index contributed by atoms with van der Waals surface area (Å²) in [4.78, 5) is 5.36. The van der Waals surface area contributed by atoms with Crippen molar-refractivity contribution in [1.82, 2.24) is 14.0 Å². The summed E-state index contributed by atoms with van der Waals surface area (Å²) in [5.74, 6) is 1.62. The standard InChI is InChI=1S/C43H35N3/c1-26(2)34-24-30(28-13-6-5-7-14-28)25-35(27(3)4)42(34)46-40-20-11-9-18-37(40)44-43(46)29-21-22-39-36(23-29)33-17-12-16-32-31-15-8-10-19-38(31)45(39)41(32)33/h5-27H,1-4H3. The molecular weight excluding hydrogens is 558 g/mol. The maximum Gasteiger partial charge on any atom is 0.145 e. The molecule has 0 atom stereocenters. The zero-order chi connectivity index (χ0) is 31.1. The Hall–Kier alpha value is -5.41. The molecule has 0 aliphatic rings. The van der Waals surface area contributed by atoms with E-state index in [1.807, 2.05) is 0 Å². The van der Waals surface area contributed by atoms with Gasteiger partial charge in [0.1, 0.15) is 5.82 Å². The summed E-state index contributed by atoms with van der Waals surface area (Å²) in [5, 5.41) is 5.15. The molecule has 46 heavy (non-hydrogen) atoms. The molecule has 3 heterocycles. The molecule has 3 aromatic heterocycles. The fourth-order valence-electron chi connectivity index (χ4n) is 7.63. The Morgan fingerprint density at radius 2 is 1.09 bits per heavy atom. The van der Waals surface area contributed by atoms with Gasteiger partial charge in [-0.3, -0.25) is 4.57 Å². The van der Waals surface area contributed by atoms with Gasteiger partial charge in [-0.15, -0.1) is 0 Å². The number of rotatable bonds is 5. The van der Waals surface area contributed by atoms with Crippen LogP contribution in [-0.4, -0.2) is 14.0 Å². The fourth-order valence-corrected chi connectivity index (χ4v) is 7.63. The van der Waals surface area contributed by atoms with Gasteiger partial charge in [0.15, 0.2) is 0 Å². The van der Waals surface area contributed by atoms with Crippen LogP contribution in [0.15, 0.2) is 127 Å². The van der Waals surface area contributed by atoms with E-state index in [-0.39, 0.29) is 0 Å². The largest absolute Gasteiger partial charge is 0.308 e. The monoisotopic (exact) mass is 593 g/mol. The number of imidazole rings is 1. The van der Waals surface area contributed by atoms with Crippen LogP contribution in [0.2, 0.25) is 0 Å². The first kappa shape index (κ1) is 26.9. The molecular formula is C43H35N3. The number of hydrogen-bond donors (Lipinski definition) is 0. The van der Waals surface area contributed by atoms with Gasteiger partial charge in [0.05, 0.1) is 33.3 Å². The van der Waals surface area contributed by atoms with Gasteiger partial charge < -0.3 is 4.40 Å². The lowest BCUT2D eigenvalue weighted by atomic mass is 9.88. The van der Waals surface area contributed by atoms with Crippen LogP contribution in [0.1, 0.15) is 50.7 Å². The van der Waals surface area contributed by atoms with Crippen LogP contribution in [0.4, 0.5) is 0 Å². The highest BCUT2D eigenvalue weighted by molar-refractivity contribution is 6.23. The molecule has 0 amide bonds. The van der Waals surface area contributed by atoms with Crippen molar-refractivity contribution in [3.63, 3.8) is 0 Å². The topological polar surface area (TPSA) is 22.2 Å². The zero-order valence-corrected chi connectivity index (χ0v) is 26.6. The van der Waals surface area contributed by atoms with E-state index in [9.17, 15) is 0 Å². The van der Waals surface area contributed by atoms with Crippen molar-refractivity contribution in [3.8, 4) is 28.2 Å². The smallest absolute Gasteiger partial charge is 0.145 e. The number of para-hydroxylation sites is 4. The maximum absolute atomic E-state index is 5.36. The Bertz CT molecular complexity index is 2550. The first-order chi connectivity index (χ1) is 22.5. The second kappa shape index (κ2) is 10.1. The Balaban J connectivity index is 1.35. The minimum Gasteiger partial charge on any atom is -0.308 e. The van der Waals surface area contributed by atoms with Gasteiger partial charge in [0.25, 0.3) is 0 Å². The average Bonchev–Trinajstić information content (AvgIpc) is 3.75. The molecule has 9 rings (SSSR count). The van der Waals surface area contributed by atoms with Crippen molar-refractivity contribution in [2.45, 2.75) is 39.5 Å². The second-order valence-corrected chi connectivity index (χ2v) is 13.2. The quantitative estimate of drug-likeness (QED) is 0.195. The summed E-state index contributed by atoms with van der Waals surface area (Å²) in [6, 6.07) is 46.6. The van der Waals surface area contributed by atoms with Crippen molar-refractivity contribution in [3.05, 3.63) is 139 Å². The highest BCUT2D eigenvalue weighted by Gasteiger charge is 2.24. The number of fused-ring (bicyclic) bond motifs is 7. The Labute approximate surface area is 268 Å². The van der Waals surface area contributed by atoms with Crippen LogP contribution in [0.25, 0.3) is 77.3 Å². The Morgan fingerprint density at radius 1 is 0.478 bits per heavy atom. The van der Waals surface area contributed by atoms with Crippen molar-refractivity contribution in [2.75, 3.05) is 0 Å². The summed E-state index contributed by atoms with van der Waals surface area (Å²) >= 11 is 0. The SMILES string of the molecule is CC(C)c1cc(-c2ccccc2)cc(C(C)C)c1-n1c(-c2ccc3c(c2)c2cccc4c5ccccc5n3c42)nc2ccccc21. The van der Waals surface area contributed by atoms with Gasteiger partial charge in [-0.25, -0.2) is 4.98 Å². The number of nitrogens with zero attached hydrogens (tertiary/aromatic N) is 3. The van der Waals surface area contributed by atoms with Gasteiger partial charge in [0, 0.05) is 27.1 Å². The maximum atomic E-state index is 5.36. The third-order valence-corrected chi connectivity index (χ3v) is 9.79. The molecule has 3 nitrogen and oxygen atoms in total. The summed E-state index contributed by atoms with van der Waals surface area (Å²) in [6.07, 6.45) is 0. The van der Waals surface area contributed by atoms with E-state index >= 15 is 0 Å². The minimum atomic E-state index is 0.321. The van der Waals surface area contributed by atoms with Crippen LogP contribution in [0, 0.1) is 0 Å². The lowest BCUT2D eigenvalue weighted by Crippen LogP contribution is -2.09. The van der Waals surface area contributed by atoms with E-state index in [1.54, 1.807) is 0 Å². The van der Waals surface area contributed by atoms with Crippen LogP contribution in [0.3, 0.4) is 0 Å². The van der Waals surface area contributed by atoms with Crippen LogP contribution in [-0.2, 0) is 0 Å². The zero-order valence-electron chi connectivity index (χ0n) is 26.6. The molecule has 0 bridgehead atoms. The van der Waals surface area contributed by atoms with E-state index in [0.29, 0.717) is 11.8 Å². The van der Waals surface area contributed by atoms with Crippen LogP contribution < -0.4 is 0 Å². The molecule has 0 radical (unpaired) electrons. The van der Waals surface area contributed by atoms with E-state index in [0.717, 1.165) is 22.4 Å². The third-order valence-electron chi connectivity index (χ3n) is 9.79. The number of aromatic nitrogens is 3. The first-order valence-electron chi connectivity index (χ1n) is 16.4. The van der Waals surface area contributed by atoms with Crippen molar-refractivity contribution in [1.29, 1.82) is 0 Å². The highest BCUT2D eigenvalue weighted by Crippen LogP contribution is 2.43. The molecule has 9 aromatic rings. The summed E-state index contributed by atoms with van der Waals surface area (Å²) < 4.78 is 4.89. The fraction of sp³-hybridized carbons (Fsp3) is 0.140. The molecule has 0 saturated heterocycles. The highest BCUT2D eigenvalue weighted by atomic mass is 15.1. The molecule has 0 spiro atoms. The normalized spacial score (nSPS) is 12.3. The Kier molecular flexibility index (Phi) is 5.89. The average molecular weight is 594 g/mol. The van der Waals surface area contributed by atoms with Gasteiger partial charge in [0.2, 0.25) is 0 Å². The molecule has 0 aliphatic carbocycles. The van der Waals surface area contributed by atoms with Gasteiger partial charge in [-0.05, 0) is 82.6 Å². The van der Waals surface area contributed by atoms with Crippen LogP contribution >= 0.6 is 0 Å². The van der Waals surface area contributed by atoms with Gasteiger partial charge >= 0.3 is 0 Å². The Morgan fingerprint density at radius 3 is 1.83 bits per heavy atom. The first-order valence-corrected chi connectivity index (χ1v) is 16.4. The van der Waals surface area contributed by atoms with Crippen molar-refractivity contribution >= 4 is 49.1 Å². The van der Waals surface area contributed by atoms with E-state index in [2.05, 4.69) is 164 Å². The predicted molar refractivity (Wildman–Crippen MR) is 195 cm³/mol. The molecule has 222 valence electrons. The summed E-state index contributed by atoms with van der Waals surface area (Å²) in [6.45, 7) is 9.24. The van der Waals surface area contributed by atoms with Gasteiger partial charge in [-0.2, -0.15) is 0 Å². The molecule has 0 saturated carbocycles. The van der Waals surface area contributed by atoms with Crippen LogP contribution in [0.5, 0.6) is 0 Å². The molecule has 0 aliphatic heterocycles. The summed E-state index contributed by atoms with van der Waals surface area (Å²) in [7, 11) is 0. The molecule has 3 heteroatoms. The lowest BCUT2D eigenvalue weighted by molar-refractivity contribution is 0.811. The van der Waals surface area contributed by atoms with E-state index in [1.165, 1.54) is 66.0 Å². The molecule has 0 unspecified atom stereocenters. The van der Waals surface area contributed by atoms with E-state index in [4.69, 9.17) is 4.98 Å². The van der Waals surface area contributed by atoms with Crippen molar-refractivity contribution in [2.24, 2.45) is 0 Å². The lowest BCUT2D eigenvalue weighted by Gasteiger charge is -2.24. The number of benzene rings is 6.